The summed E-state index contributed by atoms with van der Waals surface area (Å²) in [5.74, 6) is -1.60. The van der Waals surface area contributed by atoms with Gasteiger partial charge in [0, 0.05) is 13.3 Å². The van der Waals surface area contributed by atoms with E-state index < -0.39 is 11.9 Å². The molecule has 1 aromatic rings. The number of hydrogen-bond donors (Lipinski definition) is 0. The third kappa shape index (κ3) is 6.55. The lowest BCUT2D eigenvalue weighted by Crippen LogP contribution is -2.14. The van der Waals surface area contributed by atoms with E-state index in [4.69, 9.17) is 18.9 Å². The number of aromatic nitrogens is 1. The summed E-state index contributed by atoms with van der Waals surface area (Å²) < 4.78 is 33.2. The minimum Gasteiger partial charge on any atom is -0.460 e. The molecule has 1 aromatic heterocycles. The monoisotopic (exact) mass is 287 g/mol. The van der Waals surface area contributed by atoms with Gasteiger partial charge in [-0.1, -0.05) is 0 Å². The van der Waals surface area contributed by atoms with E-state index in [9.17, 15) is 9.18 Å². The van der Waals surface area contributed by atoms with E-state index in [1.807, 2.05) is 0 Å². The molecule has 1 heterocycles. The first-order valence-corrected chi connectivity index (χ1v) is 6.17. The summed E-state index contributed by atoms with van der Waals surface area (Å²) in [5, 5.41) is 0. The molecular weight excluding hydrogens is 269 g/mol. The molecule has 0 aliphatic rings. The van der Waals surface area contributed by atoms with Crippen LogP contribution in [0.4, 0.5) is 4.39 Å². The maximum Gasteiger partial charge on any atom is 0.342 e. The van der Waals surface area contributed by atoms with E-state index in [1.54, 1.807) is 7.11 Å². The molecule has 0 bridgehead atoms. The predicted molar refractivity (Wildman–Crippen MR) is 68.0 cm³/mol. The van der Waals surface area contributed by atoms with Crippen molar-refractivity contribution in [3.8, 4) is 0 Å². The van der Waals surface area contributed by atoms with E-state index >= 15 is 0 Å². The van der Waals surface area contributed by atoms with Gasteiger partial charge < -0.3 is 18.9 Å². The number of nitrogens with zero attached hydrogens (tertiary/aromatic N) is 1. The molecule has 0 fully saturated rings. The Morgan fingerprint density at radius 1 is 1.15 bits per heavy atom. The Morgan fingerprint density at radius 2 is 1.80 bits per heavy atom. The molecule has 0 amide bonds. The Hall–Kier alpha value is -1.57. The van der Waals surface area contributed by atoms with Crippen molar-refractivity contribution in [1.82, 2.24) is 4.98 Å². The number of rotatable bonds is 10. The van der Waals surface area contributed by atoms with Crippen LogP contribution in [-0.4, -0.2) is 57.7 Å². The standard InChI is InChI=1S/C13H18FNO5/c1-17-5-6-18-7-8-19-9-10-20-13(16)11-3-2-4-15-12(11)14/h2-4H,5-10H2,1H3. The van der Waals surface area contributed by atoms with Crippen LogP contribution in [0.5, 0.6) is 0 Å². The number of carbonyl (C=O) groups is 1. The molecule has 0 N–H and O–H groups in total. The van der Waals surface area contributed by atoms with Crippen LogP contribution in [0.1, 0.15) is 10.4 Å². The number of pyridine rings is 1. The molecule has 7 heteroatoms. The van der Waals surface area contributed by atoms with Gasteiger partial charge >= 0.3 is 5.97 Å². The van der Waals surface area contributed by atoms with Crippen molar-refractivity contribution < 1.29 is 28.1 Å². The average Bonchev–Trinajstić information content (AvgIpc) is 2.46. The van der Waals surface area contributed by atoms with Crippen LogP contribution in [0.3, 0.4) is 0 Å². The number of hydrogen-bond acceptors (Lipinski definition) is 6. The summed E-state index contributed by atoms with van der Waals surface area (Å²) in [6.45, 7) is 2.15. The lowest BCUT2D eigenvalue weighted by molar-refractivity contribution is 0.00551. The second-order valence-electron chi connectivity index (χ2n) is 3.70. The fourth-order valence-corrected chi connectivity index (χ4v) is 1.27. The Labute approximate surface area is 116 Å². The third-order valence-corrected chi connectivity index (χ3v) is 2.24. The highest BCUT2D eigenvalue weighted by Crippen LogP contribution is 2.04. The van der Waals surface area contributed by atoms with Crippen molar-refractivity contribution in [1.29, 1.82) is 0 Å². The average molecular weight is 287 g/mol. The molecule has 0 saturated heterocycles. The first kappa shape index (κ1) is 16.5. The summed E-state index contributed by atoms with van der Waals surface area (Å²) in [6, 6.07) is 2.78. The molecule has 1 rings (SSSR count). The van der Waals surface area contributed by atoms with Gasteiger partial charge in [0.15, 0.2) is 0 Å². The first-order valence-electron chi connectivity index (χ1n) is 6.17. The molecule has 0 unspecified atom stereocenters. The lowest BCUT2D eigenvalue weighted by atomic mass is 10.3. The maximum absolute atomic E-state index is 13.1. The summed E-state index contributed by atoms with van der Waals surface area (Å²) in [7, 11) is 1.60. The van der Waals surface area contributed by atoms with Gasteiger partial charge in [-0.2, -0.15) is 4.39 Å². The molecule has 0 atom stereocenters. The van der Waals surface area contributed by atoms with E-state index in [1.165, 1.54) is 18.3 Å². The number of halogens is 1. The van der Waals surface area contributed by atoms with Gasteiger partial charge in [0.2, 0.25) is 5.95 Å². The van der Waals surface area contributed by atoms with E-state index in [-0.39, 0.29) is 18.8 Å². The zero-order valence-corrected chi connectivity index (χ0v) is 11.3. The van der Waals surface area contributed by atoms with Crippen molar-refractivity contribution in [3.05, 3.63) is 29.8 Å². The van der Waals surface area contributed by atoms with Gasteiger partial charge in [-0.15, -0.1) is 0 Å². The molecular formula is C13H18FNO5. The van der Waals surface area contributed by atoms with Crippen molar-refractivity contribution in [2.45, 2.75) is 0 Å². The van der Waals surface area contributed by atoms with Crippen LogP contribution in [0.2, 0.25) is 0 Å². The van der Waals surface area contributed by atoms with Crippen molar-refractivity contribution in [2.75, 3.05) is 46.8 Å². The van der Waals surface area contributed by atoms with Gasteiger partial charge in [-0.05, 0) is 12.1 Å². The number of ether oxygens (including phenoxy) is 4. The van der Waals surface area contributed by atoms with Crippen molar-refractivity contribution >= 4 is 5.97 Å². The second-order valence-corrected chi connectivity index (χ2v) is 3.70. The summed E-state index contributed by atoms with van der Waals surface area (Å²) >= 11 is 0. The molecule has 0 radical (unpaired) electrons. The smallest absolute Gasteiger partial charge is 0.342 e. The normalized spacial score (nSPS) is 10.5. The Morgan fingerprint density at radius 3 is 2.45 bits per heavy atom. The van der Waals surface area contributed by atoms with Gasteiger partial charge in [0.25, 0.3) is 0 Å². The molecule has 20 heavy (non-hydrogen) atoms. The van der Waals surface area contributed by atoms with Crippen LogP contribution in [-0.2, 0) is 18.9 Å². The molecule has 0 aliphatic carbocycles. The Kier molecular flexibility index (Phi) is 8.44. The summed E-state index contributed by atoms with van der Waals surface area (Å²) in [5.41, 5.74) is -0.185. The van der Waals surface area contributed by atoms with Gasteiger partial charge in [0.05, 0.1) is 33.0 Å². The van der Waals surface area contributed by atoms with Crippen molar-refractivity contribution in [3.63, 3.8) is 0 Å². The highest BCUT2D eigenvalue weighted by molar-refractivity contribution is 5.89. The van der Waals surface area contributed by atoms with Crippen LogP contribution in [0, 0.1) is 5.95 Å². The molecule has 0 aromatic carbocycles. The minimum absolute atomic E-state index is 0.0469. The quantitative estimate of drug-likeness (QED) is 0.364. The summed E-state index contributed by atoms with van der Waals surface area (Å²) in [6.07, 6.45) is 1.26. The maximum atomic E-state index is 13.1. The third-order valence-electron chi connectivity index (χ3n) is 2.24. The van der Waals surface area contributed by atoms with Gasteiger partial charge in [-0.3, -0.25) is 0 Å². The molecule has 0 spiro atoms. The van der Waals surface area contributed by atoms with E-state index in [0.717, 1.165) is 0 Å². The second kappa shape index (κ2) is 10.2. The Bertz CT molecular complexity index is 402. The SMILES string of the molecule is COCCOCCOCCOC(=O)c1cccnc1F. The van der Waals surface area contributed by atoms with Crippen LogP contribution in [0.15, 0.2) is 18.3 Å². The van der Waals surface area contributed by atoms with Crippen LogP contribution < -0.4 is 0 Å². The zero-order chi connectivity index (χ0) is 14.6. The molecule has 6 nitrogen and oxygen atoms in total. The highest BCUT2D eigenvalue weighted by atomic mass is 19.1. The minimum atomic E-state index is -0.843. The summed E-state index contributed by atoms with van der Waals surface area (Å²) in [4.78, 5) is 14.8. The Balaban J connectivity index is 2.04. The van der Waals surface area contributed by atoms with E-state index in [0.29, 0.717) is 26.4 Å². The van der Waals surface area contributed by atoms with Gasteiger partial charge in [-0.25, -0.2) is 9.78 Å². The number of carbonyl (C=O) groups excluding carboxylic acids is 1. The lowest BCUT2D eigenvalue weighted by Gasteiger charge is -2.07. The first-order chi connectivity index (χ1) is 9.75. The largest absolute Gasteiger partial charge is 0.460 e. The topological polar surface area (TPSA) is 66.9 Å². The molecule has 0 saturated carbocycles. The van der Waals surface area contributed by atoms with E-state index in [2.05, 4.69) is 4.98 Å². The fourth-order valence-electron chi connectivity index (χ4n) is 1.27. The molecule has 112 valence electrons. The highest BCUT2D eigenvalue weighted by Gasteiger charge is 2.12. The fraction of sp³-hybridized carbons (Fsp3) is 0.538. The van der Waals surface area contributed by atoms with Crippen LogP contribution in [0.25, 0.3) is 0 Å². The molecule has 0 aliphatic heterocycles. The number of methoxy groups -OCH3 is 1. The zero-order valence-electron chi connectivity index (χ0n) is 11.3. The van der Waals surface area contributed by atoms with Crippen LogP contribution >= 0.6 is 0 Å². The predicted octanol–water partition coefficient (Wildman–Crippen LogP) is 1.06. The number of esters is 1. The van der Waals surface area contributed by atoms with Crippen molar-refractivity contribution in [2.24, 2.45) is 0 Å². The van der Waals surface area contributed by atoms with Gasteiger partial charge in [0.1, 0.15) is 12.2 Å².